The first-order chi connectivity index (χ1) is 46.7. The lowest BCUT2D eigenvalue weighted by Crippen LogP contribution is -2.51. The number of methoxy groups -OCH3 is 1. The summed E-state index contributed by atoms with van der Waals surface area (Å²) in [5.41, 5.74) is 4.66. The maximum atomic E-state index is 12.7. The van der Waals surface area contributed by atoms with Crippen LogP contribution in [0.15, 0.2) is 23.3 Å². The smallest absolute Gasteiger partial charge is 0.450 e. The first kappa shape index (κ1) is 81.2. The molecule has 18 nitrogen and oxygen atoms in total. The average molecular weight is 1370 g/mol. The van der Waals surface area contributed by atoms with Gasteiger partial charge in [0.2, 0.25) is 0 Å². The molecule has 560 valence electrons. The molecule has 0 aliphatic heterocycles. The van der Waals surface area contributed by atoms with Crippen LogP contribution in [0, 0.1) is 92.7 Å². The Morgan fingerprint density at radius 3 is 1.26 bits per heavy atom. The molecule has 0 aromatic carbocycles. The highest BCUT2D eigenvalue weighted by molar-refractivity contribution is 5.67. The van der Waals surface area contributed by atoms with Gasteiger partial charge in [-0.2, -0.15) is 0 Å². The fourth-order valence-electron chi connectivity index (χ4n) is 20.4. The molecule has 4 N–H and O–H groups in total. The van der Waals surface area contributed by atoms with E-state index in [1.807, 2.05) is 0 Å². The zero-order valence-corrected chi connectivity index (χ0v) is 62.6. The molecule has 17 atom stereocenters. The number of nitrogens with one attached hydrogen (secondary N) is 2. The van der Waals surface area contributed by atoms with Crippen molar-refractivity contribution in [1.29, 1.82) is 0 Å². The van der Waals surface area contributed by atoms with E-state index in [-0.39, 0.29) is 61.1 Å². The highest BCUT2D eigenvalue weighted by atomic mass is 16.7. The molecule has 0 spiro atoms. The van der Waals surface area contributed by atoms with Crippen LogP contribution in [-0.4, -0.2) is 173 Å². The number of aliphatic hydroxyl groups is 1. The van der Waals surface area contributed by atoms with E-state index in [1.165, 1.54) is 103 Å². The fourth-order valence-corrected chi connectivity index (χ4v) is 20.4. The van der Waals surface area contributed by atoms with E-state index in [0.29, 0.717) is 116 Å². The molecule has 0 radical (unpaired) electrons. The number of aliphatic hydroxyl groups excluding tert-OH is 1. The minimum atomic E-state index is -1.30. The molecule has 0 heterocycles. The lowest BCUT2D eigenvalue weighted by Gasteiger charge is -2.58. The van der Waals surface area contributed by atoms with Gasteiger partial charge >= 0.3 is 18.3 Å². The van der Waals surface area contributed by atoms with Crippen LogP contribution >= 0.6 is 0 Å². The van der Waals surface area contributed by atoms with Crippen LogP contribution in [-0.2, 0) is 52.1 Å². The SMILES string of the molecule is CC(C)CCCC(C)[C@H]1CCC2C3CC=C4C[C@@H](OC(=O)NCCCOCCOCCOCCOC(=O)O)CC[C@]4(C)C3CC[C@@]21C.COC(CO)COCCOCCOCCOCCCNC(=O)O[C@H]1CC[C@@]2(C)C(=CCC3C2CC[C@@]2(C)C3CC[C@@H]2C(C)CCCC(C)C)C1. The Labute approximate surface area is 586 Å². The Morgan fingerprint density at radius 2 is 0.876 bits per heavy atom. The monoisotopic (exact) mass is 1370 g/mol. The molecular weight excluding hydrogens is 1230 g/mol. The van der Waals surface area contributed by atoms with E-state index in [2.05, 4.69) is 96.8 Å². The average Bonchev–Trinajstić information content (AvgIpc) is 1.69. The van der Waals surface area contributed by atoms with Gasteiger partial charge in [0, 0.05) is 46.3 Å². The van der Waals surface area contributed by atoms with Crippen LogP contribution in [0.25, 0.3) is 0 Å². The fraction of sp³-hybridized carbons (Fsp3) is 0.911. The zero-order chi connectivity index (χ0) is 69.9. The second kappa shape index (κ2) is 41.3. The largest absolute Gasteiger partial charge is 0.505 e. The van der Waals surface area contributed by atoms with Crippen molar-refractivity contribution in [1.82, 2.24) is 10.6 Å². The number of carboxylic acid groups (broad SMARTS) is 1. The van der Waals surface area contributed by atoms with Crippen molar-refractivity contribution in [2.75, 3.05) is 126 Å². The molecule has 0 aromatic rings. The third-order valence-electron chi connectivity index (χ3n) is 25.7. The quantitative estimate of drug-likeness (QED) is 0.0193. The first-order valence-electron chi connectivity index (χ1n) is 39.0. The zero-order valence-electron chi connectivity index (χ0n) is 62.6. The third-order valence-corrected chi connectivity index (χ3v) is 25.7. The third kappa shape index (κ3) is 23.7. The van der Waals surface area contributed by atoms with Gasteiger partial charge in [-0.3, -0.25) is 0 Å². The predicted octanol–water partition coefficient (Wildman–Crippen LogP) is 15.8. The van der Waals surface area contributed by atoms with Crippen molar-refractivity contribution in [2.45, 2.75) is 242 Å². The summed E-state index contributed by atoms with van der Waals surface area (Å²) in [5.74, 6) is 10.0. The minimum absolute atomic E-state index is 0.0118. The van der Waals surface area contributed by atoms with Crippen LogP contribution in [0.1, 0.15) is 223 Å². The summed E-state index contributed by atoms with van der Waals surface area (Å²) in [6.07, 6.45) is 32.2. The van der Waals surface area contributed by atoms with Gasteiger partial charge in [-0.05, 0) is 195 Å². The molecule has 9 unspecified atom stereocenters. The number of fused-ring (bicyclic) bond motifs is 10. The Bertz CT molecular complexity index is 2350. The first-order valence-corrected chi connectivity index (χ1v) is 39.0. The van der Waals surface area contributed by atoms with Crippen molar-refractivity contribution in [3.05, 3.63) is 23.3 Å². The molecule has 2 amide bonds. The molecule has 8 aliphatic rings. The van der Waals surface area contributed by atoms with Crippen molar-refractivity contribution in [3.8, 4) is 0 Å². The lowest BCUT2D eigenvalue weighted by molar-refractivity contribution is -0.0581. The van der Waals surface area contributed by atoms with Gasteiger partial charge in [0.25, 0.3) is 0 Å². The highest BCUT2D eigenvalue weighted by Crippen LogP contribution is 2.69. The molecular formula is C79H138N2O16. The summed E-state index contributed by atoms with van der Waals surface area (Å²) in [6, 6.07) is 0. The number of allylic oxidation sites excluding steroid dienone is 2. The maximum Gasteiger partial charge on any atom is 0.505 e. The Hall–Kier alpha value is -3.07. The number of ether oxygens (including phenoxy) is 11. The molecule has 97 heavy (non-hydrogen) atoms. The molecule has 8 rings (SSSR count). The summed E-state index contributed by atoms with van der Waals surface area (Å²) in [6.45, 7) is 32.2. The summed E-state index contributed by atoms with van der Waals surface area (Å²) in [4.78, 5) is 35.5. The van der Waals surface area contributed by atoms with Crippen LogP contribution in [0.3, 0.4) is 0 Å². The van der Waals surface area contributed by atoms with E-state index < -0.39 is 6.16 Å². The van der Waals surface area contributed by atoms with Crippen molar-refractivity contribution >= 4 is 18.3 Å². The van der Waals surface area contributed by atoms with Crippen molar-refractivity contribution in [2.24, 2.45) is 92.7 Å². The normalized spacial score (nSPS) is 31.9. The van der Waals surface area contributed by atoms with Crippen molar-refractivity contribution < 1.29 is 76.7 Å². The Balaban J connectivity index is 0.000000274. The second-order valence-corrected chi connectivity index (χ2v) is 32.6. The van der Waals surface area contributed by atoms with E-state index in [0.717, 1.165) is 116 Å². The molecule has 6 saturated carbocycles. The number of carbonyl (C=O) groups excluding carboxylic acids is 2. The van der Waals surface area contributed by atoms with Crippen LogP contribution in [0.4, 0.5) is 14.4 Å². The van der Waals surface area contributed by atoms with Gasteiger partial charge < -0.3 is 73.0 Å². The topological polar surface area (TPSA) is 217 Å². The predicted molar refractivity (Wildman–Crippen MR) is 379 cm³/mol. The summed E-state index contributed by atoms with van der Waals surface area (Å²) < 4.78 is 59.4. The lowest BCUT2D eigenvalue weighted by atomic mass is 9.47. The molecule has 8 aliphatic carbocycles. The number of carbonyl (C=O) groups is 3. The van der Waals surface area contributed by atoms with Gasteiger partial charge in [-0.1, -0.05) is 131 Å². The summed E-state index contributed by atoms with van der Waals surface area (Å²) >= 11 is 0. The molecule has 0 aromatic heterocycles. The number of hydrogen-bond acceptors (Lipinski definition) is 15. The Morgan fingerprint density at radius 1 is 0.485 bits per heavy atom. The molecule has 18 heteroatoms. The van der Waals surface area contributed by atoms with Gasteiger partial charge in [0.1, 0.15) is 24.9 Å². The van der Waals surface area contributed by atoms with Gasteiger partial charge in [-0.15, -0.1) is 0 Å². The molecule has 0 bridgehead atoms. The van der Waals surface area contributed by atoms with Gasteiger partial charge in [0.15, 0.2) is 0 Å². The number of alkyl carbamates (subject to hydrolysis) is 2. The van der Waals surface area contributed by atoms with Crippen molar-refractivity contribution in [3.63, 3.8) is 0 Å². The molecule has 6 fully saturated rings. The van der Waals surface area contributed by atoms with Crippen LogP contribution in [0.2, 0.25) is 0 Å². The van der Waals surface area contributed by atoms with E-state index >= 15 is 0 Å². The van der Waals surface area contributed by atoms with E-state index in [1.54, 1.807) is 18.3 Å². The number of amides is 2. The standard InChI is InChI=1S/C41H73NO8.C38H65NO8/c1-30(2)9-7-10-31(3)36-13-14-37-35-12-11-32-27-33(15-17-40(32,4)38(35)16-18-41(36,37)5)50-39(44)42-19-8-20-46-21-22-47-23-24-48-25-26-49-29-34(28-43)45-6;1-27(2)8-6-9-28(3)32-12-13-33-31-11-10-29-26-30(14-16-37(29,4)34(31)15-17-38(32,33)5)47-35(40)39-18-7-19-43-20-21-44-22-23-45-24-25-46-36(41)42/h11,30-31,33-38,43H,7-10,12-29H2,1-6H3,(H,42,44);10,27-28,30-34H,6-9,11-26H2,1-5H3,(H,39,40)(H,41,42)/t31?,33-,34?,35?,36+,37?,38?,40-,41+;28?,30-,31?,32+,33?,34?,37-,38+/m00/s1. The van der Waals surface area contributed by atoms with Crippen LogP contribution in [0.5, 0.6) is 0 Å². The van der Waals surface area contributed by atoms with Gasteiger partial charge in [0.05, 0.1) is 85.9 Å². The minimum Gasteiger partial charge on any atom is -0.450 e. The van der Waals surface area contributed by atoms with Crippen LogP contribution < -0.4 is 10.6 Å². The van der Waals surface area contributed by atoms with E-state index in [9.17, 15) is 14.4 Å². The highest BCUT2D eigenvalue weighted by Gasteiger charge is 2.61. The second-order valence-electron chi connectivity index (χ2n) is 32.6. The number of hydrogen-bond donors (Lipinski definition) is 4. The van der Waals surface area contributed by atoms with E-state index in [4.69, 9.17) is 57.6 Å². The molecule has 0 saturated heterocycles. The Kier molecular flexibility index (Phi) is 34.6. The van der Waals surface area contributed by atoms with Gasteiger partial charge in [-0.25, -0.2) is 14.4 Å². The summed E-state index contributed by atoms with van der Waals surface area (Å²) in [7, 11) is 1.55. The number of rotatable bonds is 42. The maximum absolute atomic E-state index is 12.7. The summed E-state index contributed by atoms with van der Waals surface area (Å²) in [5, 5.41) is 23.2.